The van der Waals surface area contributed by atoms with Crippen LogP contribution < -0.4 is 0 Å². The molecule has 5 rings (SSSR count). The number of carbonyl (C=O) groups excluding carboxylic acids is 1. The molecule has 0 spiro atoms. The molecule has 0 radical (unpaired) electrons. The zero-order valence-electron chi connectivity index (χ0n) is 22.3. The molecule has 1 aliphatic rings. The maximum absolute atomic E-state index is 12.7. The van der Waals surface area contributed by atoms with Gasteiger partial charge in [-0.1, -0.05) is 40.7 Å². The van der Waals surface area contributed by atoms with Gasteiger partial charge in [-0.2, -0.15) is 5.10 Å². The van der Waals surface area contributed by atoms with Crippen molar-refractivity contribution in [3.63, 3.8) is 0 Å². The van der Waals surface area contributed by atoms with E-state index in [4.69, 9.17) is 0 Å². The second kappa shape index (κ2) is 9.72. The van der Waals surface area contributed by atoms with Gasteiger partial charge in [-0.25, -0.2) is 4.98 Å². The third-order valence-electron chi connectivity index (χ3n) is 7.70. The highest BCUT2D eigenvalue weighted by Crippen LogP contribution is 2.40. The predicted molar refractivity (Wildman–Crippen MR) is 147 cm³/mol. The van der Waals surface area contributed by atoms with Gasteiger partial charge in [0.15, 0.2) is 5.65 Å². The normalized spacial score (nSPS) is 15.4. The summed E-state index contributed by atoms with van der Waals surface area (Å²) in [6.45, 7) is 13.0. The number of carbonyl (C=O) groups is 1. The molecule has 1 aromatic carbocycles. The van der Waals surface area contributed by atoms with E-state index in [1.165, 1.54) is 16.5 Å². The summed E-state index contributed by atoms with van der Waals surface area (Å²) in [7, 11) is 0. The number of H-pyrrole nitrogens is 2. The van der Waals surface area contributed by atoms with Gasteiger partial charge < -0.3 is 9.88 Å². The standard InChI is InChI=1S/C30H39N5O/c1-19(2)27-23-17-21(20-11-15-35(16-12-20)26(36)7-6-13-30(3,4)5)8-9-25(23)33-28(27)22-10-14-31-29-24(22)18-32-34-29/h8-10,14,17-20,33H,6-7,11-13,15-16H2,1-5H3,(H,31,32,34). The molecule has 6 nitrogen and oxygen atoms in total. The third-order valence-corrected chi connectivity index (χ3v) is 7.70. The number of rotatable bonds is 6. The second-order valence-electron chi connectivity index (χ2n) is 11.9. The lowest BCUT2D eigenvalue weighted by Crippen LogP contribution is -2.37. The number of aromatic nitrogens is 4. The van der Waals surface area contributed by atoms with E-state index in [-0.39, 0.29) is 0 Å². The number of nitrogens with one attached hydrogen (secondary N) is 2. The molecule has 1 amide bonds. The van der Waals surface area contributed by atoms with Crippen LogP contribution in [0, 0.1) is 5.41 Å². The number of fused-ring (bicyclic) bond motifs is 2. The minimum Gasteiger partial charge on any atom is -0.354 e. The molecule has 0 bridgehead atoms. The van der Waals surface area contributed by atoms with Crippen molar-refractivity contribution >= 4 is 27.8 Å². The summed E-state index contributed by atoms with van der Waals surface area (Å²) in [5.74, 6) is 1.19. The fourth-order valence-electron chi connectivity index (χ4n) is 5.76. The van der Waals surface area contributed by atoms with E-state index in [1.54, 1.807) is 0 Å². The summed E-state index contributed by atoms with van der Waals surface area (Å²) in [5, 5.41) is 9.53. The predicted octanol–water partition coefficient (Wildman–Crippen LogP) is 7.15. The Morgan fingerprint density at radius 3 is 2.64 bits per heavy atom. The third kappa shape index (κ3) is 4.91. The van der Waals surface area contributed by atoms with E-state index in [0.717, 1.165) is 66.6 Å². The van der Waals surface area contributed by atoms with Gasteiger partial charge in [-0.3, -0.25) is 9.89 Å². The van der Waals surface area contributed by atoms with Crippen molar-refractivity contribution in [3.05, 3.63) is 47.8 Å². The highest BCUT2D eigenvalue weighted by atomic mass is 16.2. The maximum atomic E-state index is 12.7. The van der Waals surface area contributed by atoms with Gasteiger partial charge in [0.05, 0.1) is 11.9 Å². The van der Waals surface area contributed by atoms with Crippen LogP contribution in [-0.4, -0.2) is 44.1 Å². The topological polar surface area (TPSA) is 77.7 Å². The van der Waals surface area contributed by atoms with Crippen molar-refractivity contribution < 1.29 is 4.79 Å². The van der Waals surface area contributed by atoms with Gasteiger partial charge in [0.25, 0.3) is 0 Å². The van der Waals surface area contributed by atoms with Crippen LogP contribution in [-0.2, 0) is 4.79 Å². The minimum atomic E-state index is 0.292. The molecule has 0 aliphatic carbocycles. The molecule has 36 heavy (non-hydrogen) atoms. The number of piperidine rings is 1. The lowest BCUT2D eigenvalue weighted by Gasteiger charge is -2.32. The molecule has 0 atom stereocenters. The number of aromatic amines is 2. The van der Waals surface area contributed by atoms with Crippen LogP contribution in [0.4, 0.5) is 0 Å². The first-order chi connectivity index (χ1) is 17.2. The molecule has 0 saturated carbocycles. The molecular weight excluding hydrogens is 446 g/mol. The Morgan fingerprint density at radius 2 is 1.92 bits per heavy atom. The molecule has 2 N–H and O–H groups in total. The number of likely N-dealkylation sites (tertiary alicyclic amines) is 1. The average Bonchev–Trinajstić information content (AvgIpc) is 3.47. The van der Waals surface area contributed by atoms with E-state index < -0.39 is 0 Å². The lowest BCUT2D eigenvalue weighted by atomic mass is 9.87. The maximum Gasteiger partial charge on any atom is 0.222 e. The molecule has 4 aromatic rings. The number of nitrogens with zero attached hydrogens (tertiary/aromatic N) is 3. The van der Waals surface area contributed by atoms with Crippen LogP contribution in [0.3, 0.4) is 0 Å². The number of benzene rings is 1. The number of amides is 1. The van der Waals surface area contributed by atoms with E-state index in [0.29, 0.717) is 29.6 Å². The van der Waals surface area contributed by atoms with Gasteiger partial charge in [-0.15, -0.1) is 0 Å². The van der Waals surface area contributed by atoms with Gasteiger partial charge in [0.1, 0.15) is 0 Å². The fraction of sp³-hybridized carbons (Fsp3) is 0.500. The van der Waals surface area contributed by atoms with Crippen molar-refractivity contribution in [1.82, 2.24) is 25.1 Å². The minimum absolute atomic E-state index is 0.292. The summed E-state index contributed by atoms with van der Waals surface area (Å²) in [5.41, 5.74) is 7.28. The monoisotopic (exact) mass is 485 g/mol. The molecule has 190 valence electrons. The SMILES string of the molecule is CC(C)c1c(-c2ccnc3[nH]ncc23)[nH]c2ccc(C3CCN(C(=O)CCCC(C)(C)C)CC3)cc12. The largest absolute Gasteiger partial charge is 0.354 e. The van der Waals surface area contributed by atoms with Crippen LogP contribution in [0.5, 0.6) is 0 Å². The summed E-state index contributed by atoms with van der Waals surface area (Å²) < 4.78 is 0. The van der Waals surface area contributed by atoms with E-state index in [1.807, 2.05) is 12.4 Å². The molecule has 0 unspecified atom stereocenters. The molecule has 3 aromatic heterocycles. The Labute approximate surface area is 213 Å². The van der Waals surface area contributed by atoms with Crippen LogP contribution in [0.1, 0.15) is 89.7 Å². The van der Waals surface area contributed by atoms with E-state index in [9.17, 15) is 4.79 Å². The van der Waals surface area contributed by atoms with Crippen molar-refractivity contribution in [2.24, 2.45) is 5.41 Å². The quantitative estimate of drug-likeness (QED) is 0.304. The first-order valence-electron chi connectivity index (χ1n) is 13.4. The van der Waals surface area contributed by atoms with Crippen LogP contribution in [0.25, 0.3) is 33.2 Å². The van der Waals surface area contributed by atoms with Gasteiger partial charge in [0.2, 0.25) is 5.91 Å². The van der Waals surface area contributed by atoms with E-state index in [2.05, 4.69) is 83.9 Å². The summed E-state index contributed by atoms with van der Waals surface area (Å²) in [6, 6.07) is 8.98. The molecule has 6 heteroatoms. The summed E-state index contributed by atoms with van der Waals surface area (Å²) in [6.07, 6.45) is 8.52. The van der Waals surface area contributed by atoms with Gasteiger partial charge in [-0.05, 0) is 72.3 Å². The van der Waals surface area contributed by atoms with Gasteiger partial charge in [0, 0.05) is 47.6 Å². The van der Waals surface area contributed by atoms with Gasteiger partial charge >= 0.3 is 0 Å². The zero-order valence-corrected chi connectivity index (χ0v) is 22.3. The Bertz CT molecular complexity index is 1370. The fourth-order valence-corrected chi connectivity index (χ4v) is 5.76. The highest BCUT2D eigenvalue weighted by Gasteiger charge is 2.25. The van der Waals surface area contributed by atoms with Crippen molar-refractivity contribution in [2.75, 3.05) is 13.1 Å². The number of hydrogen-bond acceptors (Lipinski definition) is 3. The summed E-state index contributed by atoms with van der Waals surface area (Å²) in [4.78, 5) is 23.0. The highest BCUT2D eigenvalue weighted by molar-refractivity contribution is 5.98. The van der Waals surface area contributed by atoms with Crippen molar-refractivity contribution in [1.29, 1.82) is 0 Å². The Hall–Kier alpha value is -3.15. The molecular formula is C30H39N5O. The molecule has 1 aliphatic heterocycles. The number of pyridine rings is 1. The van der Waals surface area contributed by atoms with Crippen molar-refractivity contribution in [3.8, 4) is 11.3 Å². The van der Waals surface area contributed by atoms with Crippen LogP contribution >= 0.6 is 0 Å². The average molecular weight is 486 g/mol. The first kappa shape index (κ1) is 24.5. The Balaban J connectivity index is 1.36. The molecule has 1 saturated heterocycles. The molecule has 4 heterocycles. The Morgan fingerprint density at radius 1 is 1.14 bits per heavy atom. The smallest absolute Gasteiger partial charge is 0.222 e. The van der Waals surface area contributed by atoms with Crippen LogP contribution in [0.15, 0.2) is 36.7 Å². The molecule has 1 fully saturated rings. The second-order valence-corrected chi connectivity index (χ2v) is 11.9. The lowest BCUT2D eigenvalue weighted by molar-refractivity contribution is -0.132. The summed E-state index contributed by atoms with van der Waals surface area (Å²) >= 11 is 0. The zero-order chi connectivity index (χ0) is 25.4. The number of hydrogen-bond donors (Lipinski definition) is 2. The first-order valence-corrected chi connectivity index (χ1v) is 13.4. The Kier molecular flexibility index (Phi) is 6.62. The van der Waals surface area contributed by atoms with Crippen molar-refractivity contribution in [2.45, 2.75) is 78.6 Å². The van der Waals surface area contributed by atoms with Crippen LogP contribution in [0.2, 0.25) is 0 Å². The van der Waals surface area contributed by atoms with E-state index >= 15 is 0 Å².